The Balaban J connectivity index is 1.60. The molecule has 0 amide bonds. The van der Waals surface area contributed by atoms with Crippen LogP contribution in [-0.4, -0.2) is 46.1 Å². The fourth-order valence-electron chi connectivity index (χ4n) is 3.55. The molecular weight excluding hydrogens is 364 g/mol. The summed E-state index contributed by atoms with van der Waals surface area (Å²) >= 11 is 0. The molecule has 0 saturated carbocycles. The molecular formula is C22H22N6O. The van der Waals surface area contributed by atoms with Crippen molar-refractivity contribution in [2.45, 2.75) is 6.92 Å². The number of aromatic nitrogens is 4. The number of rotatable bonds is 4. The van der Waals surface area contributed by atoms with E-state index in [-0.39, 0.29) is 0 Å². The summed E-state index contributed by atoms with van der Waals surface area (Å²) < 4.78 is 7.42. The molecule has 4 aromatic rings. The van der Waals surface area contributed by atoms with Gasteiger partial charge >= 0.3 is 0 Å². The van der Waals surface area contributed by atoms with Crippen LogP contribution in [0.1, 0.15) is 5.69 Å². The highest BCUT2D eigenvalue weighted by Gasteiger charge is 2.20. The molecule has 1 aliphatic heterocycles. The van der Waals surface area contributed by atoms with Crippen molar-refractivity contribution < 1.29 is 4.74 Å². The summed E-state index contributed by atoms with van der Waals surface area (Å²) in [5.41, 5.74) is 3.66. The minimum Gasteiger partial charge on any atom is -0.378 e. The van der Waals surface area contributed by atoms with Gasteiger partial charge in [0.15, 0.2) is 11.6 Å². The van der Waals surface area contributed by atoms with Crippen molar-refractivity contribution in [3.05, 3.63) is 66.4 Å². The number of anilines is 3. The third kappa shape index (κ3) is 3.52. The summed E-state index contributed by atoms with van der Waals surface area (Å²) in [5, 5.41) is 8.15. The highest BCUT2D eigenvalue weighted by atomic mass is 16.5. The second kappa shape index (κ2) is 7.52. The molecule has 3 heterocycles. The van der Waals surface area contributed by atoms with Crippen molar-refractivity contribution in [3.63, 3.8) is 0 Å². The predicted molar refractivity (Wildman–Crippen MR) is 114 cm³/mol. The van der Waals surface area contributed by atoms with E-state index in [1.807, 2.05) is 72.3 Å². The first kappa shape index (κ1) is 17.6. The zero-order valence-electron chi connectivity index (χ0n) is 16.2. The molecule has 0 unspecified atom stereocenters. The van der Waals surface area contributed by atoms with E-state index in [0.717, 1.165) is 53.0 Å². The third-order valence-electron chi connectivity index (χ3n) is 4.94. The molecule has 146 valence electrons. The van der Waals surface area contributed by atoms with Crippen LogP contribution in [0.15, 0.2) is 60.7 Å². The molecule has 7 nitrogen and oxygen atoms in total. The number of fused-ring (bicyclic) bond motifs is 1. The number of hydrogen-bond acceptors (Lipinski definition) is 6. The smallest absolute Gasteiger partial charge is 0.175 e. The average Bonchev–Trinajstić information content (AvgIpc) is 3.14. The number of benzene rings is 2. The van der Waals surface area contributed by atoms with Gasteiger partial charge in [-0.2, -0.15) is 5.10 Å². The van der Waals surface area contributed by atoms with Gasteiger partial charge in [0.25, 0.3) is 0 Å². The Morgan fingerprint density at radius 1 is 0.897 bits per heavy atom. The number of nitrogens with one attached hydrogen (secondary N) is 1. The summed E-state index contributed by atoms with van der Waals surface area (Å²) in [4.78, 5) is 12.0. The Labute approximate surface area is 169 Å². The minimum atomic E-state index is 0.689. The summed E-state index contributed by atoms with van der Waals surface area (Å²) in [5.74, 6) is 2.42. The van der Waals surface area contributed by atoms with Gasteiger partial charge in [0, 0.05) is 19.2 Å². The molecule has 0 spiro atoms. The number of nitrogens with zero attached hydrogens (tertiary/aromatic N) is 5. The van der Waals surface area contributed by atoms with Crippen molar-refractivity contribution in [2.75, 3.05) is 36.5 Å². The molecule has 0 atom stereocenters. The Bertz CT molecular complexity index is 1130. The molecule has 0 aliphatic carbocycles. The summed E-state index contributed by atoms with van der Waals surface area (Å²) in [6.07, 6.45) is 0. The lowest BCUT2D eigenvalue weighted by atomic mass is 10.3. The first-order valence-electron chi connectivity index (χ1n) is 9.76. The lowest BCUT2D eigenvalue weighted by Gasteiger charge is -2.29. The quantitative estimate of drug-likeness (QED) is 0.577. The van der Waals surface area contributed by atoms with Gasteiger partial charge in [-0.3, -0.25) is 0 Å². The van der Waals surface area contributed by atoms with Crippen LogP contribution in [0.5, 0.6) is 0 Å². The van der Waals surface area contributed by atoms with Gasteiger partial charge in [-0.05, 0) is 31.2 Å². The van der Waals surface area contributed by atoms with Crippen LogP contribution in [0.2, 0.25) is 0 Å². The van der Waals surface area contributed by atoms with Crippen molar-refractivity contribution >= 4 is 28.5 Å². The maximum absolute atomic E-state index is 5.52. The van der Waals surface area contributed by atoms with Gasteiger partial charge in [-0.15, -0.1) is 0 Å². The molecule has 0 radical (unpaired) electrons. The van der Waals surface area contributed by atoms with Crippen LogP contribution in [0.4, 0.5) is 17.5 Å². The van der Waals surface area contributed by atoms with Crippen LogP contribution in [0.25, 0.3) is 16.7 Å². The second-order valence-corrected chi connectivity index (χ2v) is 7.03. The molecule has 0 bridgehead atoms. The van der Waals surface area contributed by atoms with Gasteiger partial charge < -0.3 is 15.0 Å². The largest absolute Gasteiger partial charge is 0.378 e. The third-order valence-corrected chi connectivity index (χ3v) is 4.94. The molecule has 1 N–H and O–H groups in total. The maximum Gasteiger partial charge on any atom is 0.175 e. The van der Waals surface area contributed by atoms with Gasteiger partial charge in [0.2, 0.25) is 0 Å². The Morgan fingerprint density at radius 2 is 1.59 bits per heavy atom. The van der Waals surface area contributed by atoms with Crippen LogP contribution in [0, 0.1) is 6.92 Å². The first-order chi connectivity index (χ1) is 14.3. The first-order valence-corrected chi connectivity index (χ1v) is 9.76. The predicted octanol–water partition coefficient (Wildman–Crippen LogP) is 3.70. The van der Waals surface area contributed by atoms with E-state index in [1.165, 1.54) is 0 Å². The van der Waals surface area contributed by atoms with Gasteiger partial charge in [0.1, 0.15) is 5.82 Å². The van der Waals surface area contributed by atoms with Crippen molar-refractivity contribution in [1.29, 1.82) is 0 Å². The van der Waals surface area contributed by atoms with E-state index in [9.17, 15) is 0 Å². The SMILES string of the molecule is Cc1cc(Nc2nc3ccccc3nc2N2CCOCC2)n(-c2ccccc2)n1. The van der Waals surface area contributed by atoms with E-state index in [1.54, 1.807) is 0 Å². The van der Waals surface area contributed by atoms with Crippen LogP contribution in [0.3, 0.4) is 0 Å². The van der Waals surface area contributed by atoms with Gasteiger partial charge in [0.05, 0.1) is 35.6 Å². The second-order valence-electron chi connectivity index (χ2n) is 7.03. The highest BCUT2D eigenvalue weighted by molar-refractivity contribution is 5.82. The van der Waals surface area contributed by atoms with Crippen LogP contribution < -0.4 is 10.2 Å². The molecule has 2 aromatic heterocycles. The zero-order chi connectivity index (χ0) is 19.6. The standard InChI is InChI=1S/C22H22N6O/c1-16-15-20(28(26-16)17-7-3-2-4-8-17)25-21-22(27-11-13-29-14-12-27)24-19-10-6-5-9-18(19)23-21/h2-10,15H,11-14H2,1H3,(H,23,25). The number of aryl methyl sites for hydroxylation is 1. The minimum absolute atomic E-state index is 0.689. The van der Waals surface area contributed by atoms with Crippen molar-refractivity contribution in [2.24, 2.45) is 0 Å². The van der Waals surface area contributed by atoms with Crippen LogP contribution >= 0.6 is 0 Å². The molecule has 1 fully saturated rings. The van der Waals surface area contributed by atoms with E-state index >= 15 is 0 Å². The number of ether oxygens (including phenoxy) is 1. The average molecular weight is 386 g/mol. The van der Waals surface area contributed by atoms with Gasteiger partial charge in [-0.1, -0.05) is 30.3 Å². The molecule has 29 heavy (non-hydrogen) atoms. The molecule has 7 heteroatoms. The topological polar surface area (TPSA) is 68.1 Å². The number of morpholine rings is 1. The fraction of sp³-hybridized carbons (Fsp3) is 0.227. The van der Waals surface area contributed by atoms with E-state index in [4.69, 9.17) is 14.7 Å². The highest BCUT2D eigenvalue weighted by Crippen LogP contribution is 2.29. The molecule has 1 aliphatic rings. The zero-order valence-corrected chi connectivity index (χ0v) is 16.2. The van der Waals surface area contributed by atoms with E-state index < -0.39 is 0 Å². The molecule has 1 saturated heterocycles. The van der Waals surface area contributed by atoms with Crippen molar-refractivity contribution in [1.82, 2.24) is 19.7 Å². The normalized spacial score (nSPS) is 14.3. The number of para-hydroxylation sites is 3. The Morgan fingerprint density at radius 3 is 2.34 bits per heavy atom. The lowest BCUT2D eigenvalue weighted by Crippen LogP contribution is -2.37. The monoisotopic (exact) mass is 386 g/mol. The number of hydrogen-bond donors (Lipinski definition) is 1. The fourth-order valence-corrected chi connectivity index (χ4v) is 3.55. The summed E-state index contributed by atoms with van der Waals surface area (Å²) in [6, 6.07) is 20.0. The molecule has 5 rings (SSSR count). The maximum atomic E-state index is 5.52. The summed E-state index contributed by atoms with van der Waals surface area (Å²) in [7, 11) is 0. The Hall–Kier alpha value is -3.45. The lowest BCUT2D eigenvalue weighted by molar-refractivity contribution is 0.122. The van der Waals surface area contributed by atoms with E-state index in [2.05, 4.69) is 15.3 Å². The van der Waals surface area contributed by atoms with Crippen molar-refractivity contribution in [3.8, 4) is 5.69 Å². The Kier molecular flexibility index (Phi) is 4.57. The summed E-state index contributed by atoms with van der Waals surface area (Å²) in [6.45, 7) is 4.95. The van der Waals surface area contributed by atoms with Crippen LogP contribution in [-0.2, 0) is 4.74 Å². The molecule has 2 aromatic carbocycles. The van der Waals surface area contributed by atoms with E-state index in [0.29, 0.717) is 13.2 Å². The van der Waals surface area contributed by atoms with Gasteiger partial charge in [-0.25, -0.2) is 14.6 Å².